The molecular formula is C24H25N3O3S. The highest BCUT2D eigenvalue weighted by atomic mass is 32.2. The molecule has 2 heterocycles. The molecule has 0 bridgehead atoms. The van der Waals surface area contributed by atoms with E-state index in [1.54, 1.807) is 17.0 Å². The molecule has 1 atom stereocenters. The van der Waals surface area contributed by atoms with Gasteiger partial charge in [0.05, 0.1) is 4.90 Å². The zero-order valence-electron chi connectivity index (χ0n) is 17.4. The Bertz CT molecular complexity index is 1210. The molecule has 0 saturated carbocycles. The van der Waals surface area contributed by atoms with Crippen molar-refractivity contribution < 1.29 is 13.2 Å². The third kappa shape index (κ3) is 4.84. The lowest BCUT2D eigenvalue weighted by Gasteiger charge is -2.33. The first-order chi connectivity index (χ1) is 14.8. The summed E-state index contributed by atoms with van der Waals surface area (Å²) in [6.45, 7) is 3.16. The van der Waals surface area contributed by atoms with Crippen LogP contribution in [0.2, 0.25) is 0 Å². The van der Waals surface area contributed by atoms with Crippen LogP contribution in [0.25, 0.3) is 11.1 Å². The summed E-state index contributed by atoms with van der Waals surface area (Å²) in [5, 5.41) is 5.22. The first kappa shape index (κ1) is 21.2. The van der Waals surface area contributed by atoms with Gasteiger partial charge in [-0.05, 0) is 61.2 Å². The van der Waals surface area contributed by atoms with Gasteiger partial charge in [-0.3, -0.25) is 9.78 Å². The number of hydrogen-bond acceptors (Lipinski definition) is 4. The molecule has 1 saturated heterocycles. The molecule has 1 amide bonds. The van der Waals surface area contributed by atoms with Crippen LogP contribution in [0.15, 0.2) is 71.6 Å². The van der Waals surface area contributed by atoms with Crippen molar-refractivity contribution in [2.24, 2.45) is 5.14 Å². The van der Waals surface area contributed by atoms with Crippen LogP contribution < -0.4 is 5.14 Å². The van der Waals surface area contributed by atoms with E-state index in [0.29, 0.717) is 18.7 Å². The number of amides is 1. The molecule has 0 radical (unpaired) electrons. The molecule has 31 heavy (non-hydrogen) atoms. The maximum Gasteiger partial charge on any atom is 0.253 e. The summed E-state index contributed by atoms with van der Waals surface area (Å²) in [6, 6.07) is 20.3. The Morgan fingerprint density at radius 2 is 1.81 bits per heavy atom. The van der Waals surface area contributed by atoms with Crippen LogP contribution >= 0.6 is 0 Å². The van der Waals surface area contributed by atoms with E-state index < -0.39 is 10.0 Å². The highest BCUT2D eigenvalue weighted by molar-refractivity contribution is 7.89. The van der Waals surface area contributed by atoms with Gasteiger partial charge in [0.1, 0.15) is 0 Å². The van der Waals surface area contributed by atoms with Crippen LogP contribution in [-0.4, -0.2) is 37.3 Å². The second kappa shape index (κ2) is 8.61. The number of nitrogens with two attached hydrogens (primary N) is 1. The van der Waals surface area contributed by atoms with Crippen molar-refractivity contribution in [2.45, 2.75) is 30.6 Å². The minimum absolute atomic E-state index is 0.0558. The molecule has 6 nitrogen and oxygen atoms in total. The number of sulfonamides is 1. The molecule has 3 aromatic rings. The number of rotatable bonds is 4. The highest BCUT2D eigenvalue weighted by Crippen LogP contribution is 2.30. The Hall–Kier alpha value is -3.03. The molecule has 1 aliphatic rings. The maximum atomic E-state index is 13.1. The van der Waals surface area contributed by atoms with Gasteiger partial charge >= 0.3 is 0 Å². The van der Waals surface area contributed by atoms with Crippen LogP contribution in [-0.2, 0) is 10.0 Å². The Labute approximate surface area is 182 Å². The van der Waals surface area contributed by atoms with E-state index in [1.165, 1.54) is 12.1 Å². The molecule has 4 rings (SSSR count). The Balaban J connectivity index is 1.58. The minimum Gasteiger partial charge on any atom is -0.338 e. The molecule has 2 aromatic carbocycles. The summed E-state index contributed by atoms with van der Waals surface area (Å²) < 4.78 is 23.3. The second-order valence-corrected chi connectivity index (χ2v) is 9.51. The third-order valence-corrected chi connectivity index (χ3v) is 6.53. The van der Waals surface area contributed by atoms with Crippen LogP contribution in [0, 0.1) is 6.92 Å². The number of aromatic nitrogens is 1. The number of carbonyl (C=O) groups excluding carboxylic acids is 1. The summed E-state index contributed by atoms with van der Waals surface area (Å²) in [5.74, 6) is -0.0624. The molecule has 160 valence electrons. The topological polar surface area (TPSA) is 93.4 Å². The van der Waals surface area contributed by atoms with E-state index >= 15 is 0 Å². The zero-order chi connectivity index (χ0) is 22.0. The van der Waals surface area contributed by atoms with Crippen molar-refractivity contribution in [2.75, 3.05) is 13.1 Å². The van der Waals surface area contributed by atoms with Gasteiger partial charge in [-0.1, -0.05) is 36.4 Å². The van der Waals surface area contributed by atoms with Gasteiger partial charge in [-0.15, -0.1) is 0 Å². The SMILES string of the molecule is Cc1cc(-c2ccccc2)cc([C@@H]2CCCN(C(=O)c3cccc(S(N)(=O)=O)c3)C2)n1. The summed E-state index contributed by atoms with van der Waals surface area (Å²) in [7, 11) is -3.86. The molecule has 0 unspecified atom stereocenters. The normalized spacial score (nSPS) is 16.8. The van der Waals surface area contributed by atoms with Crippen molar-refractivity contribution in [1.29, 1.82) is 0 Å². The van der Waals surface area contributed by atoms with Gasteiger partial charge in [-0.2, -0.15) is 0 Å². The monoisotopic (exact) mass is 435 g/mol. The van der Waals surface area contributed by atoms with Crippen molar-refractivity contribution in [3.8, 4) is 11.1 Å². The predicted octanol–water partition coefficient (Wildman–Crippen LogP) is 3.72. The highest BCUT2D eigenvalue weighted by Gasteiger charge is 2.27. The van der Waals surface area contributed by atoms with Crippen LogP contribution in [0.1, 0.15) is 40.5 Å². The number of benzene rings is 2. The lowest BCUT2D eigenvalue weighted by molar-refractivity contribution is 0.0705. The summed E-state index contributed by atoms with van der Waals surface area (Å²) in [6.07, 6.45) is 1.81. The van der Waals surface area contributed by atoms with Gasteiger partial charge in [-0.25, -0.2) is 13.6 Å². The van der Waals surface area contributed by atoms with Crippen molar-refractivity contribution in [3.63, 3.8) is 0 Å². The molecule has 0 aliphatic carbocycles. The fraction of sp³-hybridized carbons (Fsp3) is 0.250. The molecule has 0 spiro atoms. The standard InChI is InChI=1S/C24H25N3O3S/c1-17-13-21(18-7-3-2-4-8-18)15-23(26-17)20-10-6-12-27(16-20)24(28)19-9-5-11-22(14-19)31(25,29)30/h2-5,7-9,11,13-15,20H,6,10,12,16H2,1H3,(H2,25,29,30)/t20-/m1/s1. The Morgan fingerprint density at radius 1 is 1.03 bits per heavy atom. The number of likely N-dealkylation sites (tertiary alicyclic amines) is 1. The summed E-state index contributed by atoms with van der Waals surface area (Å²) in [5.41, 5.74) is 4.51. The van der Waals surface area contributed by atoms with E-state index in [4.69, 9.17) is 10.1 Å². The average molecular weight is 436 g/mol. The molecular weight excluding hydrogens is 410 g/mol. The fourth-order valence-corrected chi connectivity index (χ4v) is 4.65. The smallest absolute Gasteiger partial charge is 0.253 e. The molecule has 7 heteroatoms. The number of primary sulfonamides is 1. The first-order valence-electron chi connectivity index (χ1n) is 10.3. The molecule has 1 fully saturated rings. The van der Waals surface area contributed by atoms with Crippen molar-refractivity contribution in [1.82, 2.24) is 9.88 Å². The molecule has 1 aromatic heterocycles. The molecule has 2 N–H and O–H groups in total. The fourth-order valence-electron chi connectivity index (χ4n) is 4.09. The zero-order valence-corrected chi connectivity index (χ0v) is 18.2. The quantitative estimate of drug-likeness (QED) is 0.676. The Kier molecular flexibility index (Phi) is 5.89. The number of aryl methyl sites for hydroxylation is 1. The van der Waals surface area contributed by atoms with Crippen molar-refractivity contribution >= 4 is 15.9 Å². The van der Waals surface area contributed by atoms with Crippen molar-refractivity contribution in [3.05, 3.63) is 83.7 Å². The lowest BCUT2D eigenvalue weighted by atomic mass is 9.92. The van der Waals surface area contributed by atoms with Crippen LogP contribution in [0.3, 0.4) is 0 Å². The minimum atomic E-state index is -3.86. The summed E-state index contributed by atoms with van der Waals surface area (Å²) >= 11 is 0. The number of hydrogen-bond donors (Lipinski definition) is 1. The largest absolute Gasteiger partial charge is 0.338 e. The van der Waals surface area contributed by atoms with E-state index in [2.05, 4.69) is 24.3 Å². The first-order valence-corrected chi connectivity index (χ1v) is 11.8. The average Bonchev–Trinajstić information content (AvgIpc) is 2.78. The van der Waals surface area contributed by atoms with Gasteiger partial charge in [0.15, 0.2) is 0 Å². The third-order valence-electron chi connectivity index (χ3n) is 5.62. The van der Waals surface area contributed by atoms with Gasteiger partial charge in [0.25, 0.3) is 5.91 Å². The number of piperidine rings is 1. The predicted molar refractivity (Wildman–Crippen MR) is 120 cm³/mol. The second-order valence-electron chi connectivity index (χ2n) is 7.95. The van der Waals surface area contributed by atoms with E-state index in [9.17, 15) is 13.2 Å². The number of pyridine rings is 1. The Morgan fingerprint density at radius 3 is 2.55 bits per heavy atom. The number of nitrogens with zero attached hydrogens (tertiary/aromatic N) is 2. The van der Waals surface area contributed by atoms with E-state index in [-0.39, 0.29) is 16.7 Å². The van der Waals surface area contributed by atoms with Crippen LogP contribution in [0.4, 0.5) is 0 Å². The summed E-state index contributed by atoms with van der Waals surface area (Å²) in [4.78, 5) is 19.6. The molecule has 1 aliphatic heterocycles. The van der Waals surface area contributed by atoms with Gasteiger partial charge in [0, 0.05) is 36.0 Å². The van der Waals surface area contributed by atoms with E-state index in [1.807, 2.05) is 25.1 Å². The number of carbonyl (C=O) groups is 1. The van der Waals surface area contributed by atoms with Gasteiger partial charge < -0.3 is 4.90 Å². The van der Waals surface area contributed by atoms with Crippen LogP contribution in [0.5, 0.6) is 0 Å². The van der Waals surface area contributed by atoms with Gasteiger partial charge in [0.2, 0.25) is 10.0 Å². The lowest BCUT2D eigenvalue weighted by Crippen LogP contribution is -2.39. The van der Waals surface area contributed by atoms with E-state index in [0.717, 1.165) is 35.4 Å². The maximum absolute atomic E-state index is 13.1.